The molecule has 0 spiro atoms. The van der Waals surface area contributed by atoms with Crippen molar-refractivity contribution < 1.29 is 17.9 Å². The van der Waals surface area contributed by atoms with E-state index in [0.29, 0.717) is 23.6 Å². The number of benzene rings is 2. The number of ether oxygens (including phenoxy) is 1. The lowest BCUT2D eigenvalue weighted by Crippen LogP contribution is -2.44. The summed E-state index contributed by atoms with van der Waals surface area (Å²) < 4.78 is 30.5. The van der Waals surface area contributed by atoms with Crippen LogP contribution >= 0.6 is 0 Å². The van der Waals surface area contributed by atoms with Crippen molar-refractivity contribution in [3.63, 3.8) is 0 Å². The van der Waals surface area contributed by atoms with Crippen molar-refractivity contribution in [2.75, 3.05) is 23.5 Å². The Morgan fingerprint density at radius 3 is 2.59 bits per heavy atom. The van der Waals surface area contributed by atoms with E-state index in [1.165, 1.54) is 11.0 Å². The number of aromatic nitrogens is 2. The summed E-state index contributed by atoms with van der Waals surface area (Å²) in [6.45, 7) is -0.303. The van der Waals surface area contributed by atoms with Crippen molar-refractivity contribution in [2.24, 2.45) is 0 Å². The fourth-order valence-corrected chi connectivity index (χ4v) is 5.53. The van der Waals surface area contributed by atoms with E-state index in [-0.39, 0.29) is 18.1 Å². The molecule has 0 N–H and O–H groups in total. The predicted molar refractivity (Wildman–Crippen MR) is 121 cm³/mol. The van der Waals surface area contributed by atoms with Gasteiger partial charge in [-0.15, -0.1) is 0 Å². The summed E-state index contributed by atoms with van der Waals surface area (Å²) in [5.41, 5.74) is 1.44. The zero-order valence-corrected chi connectivity index (χ0v) is 18.4. The Labute approximate surface area is 186 Å². The highest BCUT2D eigenvalue weighted by molar-refractivity contribution is 7.91. The van der Waals surface area contributed by atoms with Gasteiger partial charge in [-0.1, -0.05) is 30.3 Å². The molecule has 0 radical (unpaired) electrons. The van der Waals surface area contributed by atoms with E-state index in [2.05, 4.69) is 5.10 Å². The summed E-state index contributed by atoms with van der Waals surface area (Å²) in [7, 11) is -1.64. The van der Waals surface area contributed by atoms with E-state index in [1.54, 1.807) is 49.6 Å². The second-order valence-corrected chi connectivity index (χ2v) is 9.83. The molecule has 0 aliphatic carbocycles. The molecule has 1 saturated heterocycles. The molecule has 0 saturated carbocycles. The first-order valence-electron chi connectivity index (χ1n) is 10.2. The van der Waals surface area contributed by atoms with Gasteiger partial charge in [0.05, 0.1) is 30.4 Å². The molecule has 2 heterocycles. The molecule has 8 nitrogen and oxygen atoms in total. The Morgan fingerprint density at radius 2 is 1.91 bits per heavy atom. The number of carbonyl (C=O) groups excluding carboxylic acids is 1. The standard InChI is InChI=1S/C23H23N3O5S/c1-31-20-9-5-6-17(14-20)21-10-11-22(27)25(24-21)15-23(28)26(18-7-3-2-4-8-18)19-12-13-32(29,30)16-19/h2-11,14,19H,12-13,15-16H2,1H3/t19-/m1/s1. The predicted octanol–water partition coefficient (Wildman–Crippen LogP) is 2.14. The molecule has 1 aliphatic rings. The third-order valence-electron chi connectivity index (χ3n) is 5.39. The van der Waals surface area contributed by atoms with E-state index in [4.69, 9.17) is 4.74 Å². The topological polar surface area (TPSA) is 98.6 Å². The van der Waals surface area contributed by atoms with Gasteiger partial charge in [-0.25, -0.2) is 13.1 Å². The molecule has 4 rings (SSSR count). The average Bonchev–Trinajstić information content (AvgIpc) is 3.15. The Morgan fingerprint density at radius 1 is 1.12 bits per heavy atom. The molecule has 1 aliphatic heterocycles. The Hall–Kier alpha value is -3.46. The van der Waals surface area contributed by atoms with Crippen LogP contribution in [0.15, 0.2) is 71.5 Å². The molecule has 1 aromatic heterocycles. The number of anilines is 1. The molecule has 3 aromatic rings. The van der Waals surface area contributed by atoms with Gasteiger partial charge in [-0.05, 0) is 36.8 Å². The summed E-state index contributed by atoms with van der Waals surface area (Å²) in [6, 6.07) is 18.6. The first kappa shape index (κ1) is 21.8. The second kappa shape index (κ2) is 8.96. The second-order valence-electron chi connectivity index (χ2n) is 7.60. The molecule has 9 heteroatoms. The van der Waals surface area contributed by atoms with Crippen molar-refractivity contribution in [1.82, 2.24) is 9.78 Å². The van der Waals surface area contributed by atoms with Gasteiger partial charge in [0.15, 0.2) is 9.84 Å². The minimum Gasteiger partial charge on any atom is -0.497 e. The SMILES string of the molecule is COc1cccc(-c2ccc(=O)n(CC(=O)N(c3ccccc3)[C@@H]3CCS(=O)(=O)C3)n2)c1. The molecule has 1 fully saturated rings. The van der Waals surface area contributed by atoms with Crippen LogP contribution in [0.25, 0.3) is 11.3 Å². The lowest BCUT2D eigenvalue weighted by molar-refractivity contribution is -0.119. The van der Waals surface area contributed by atoms with Gasteiger partial charge < -0.3 is 9.64 Å². The average molecular weight is 454 g/mol. The Bertz CT molecular complexity index is 1290. The van der Waals surface area contributed by atoms with Gasteiger partial charge in [0.2, 0.25) is 5.91 Å². The molecular formula is C23H23N3O5S. The van der Waals surface area contributed by atoms with Gasteiger partial charge in [0.25, 0.3) is 5.56 Å². The van der Waals surface area contributed by atoms with E-state index in [1.807, 2.05) is 18.2 Å². The number of hydrogen-bond donors (Lipinski definition) is 0. The Balaban J connectivity index is 1.65. The zero-order valence-electron chi connectivity index (χ0n) is 17.5. The van der Waals surface area contributed by atoms with Gasteiger partial charge >= 0.3 is 0 Å². The van der Waals surface area contributed by atoms with Crippen LogP contribution in [-0.2, 0) is 21.2 Å². The van der Waals surface area contributed by atoms with E-state index in [9.17, 15) is 18.0 Å². The van der Waals surface area contributed by atoms with Crippen molar-refractivity contribution in [3.8, 4) is 17.0 Å². The van der Waals surface area contributed by atoms with Gasteiger partial charge in [-0.2, -0.15) is 5.10 Å². The lowest BCUT2D eigenvalue weighted by Gasteiger charge is -2.28. The van der Waals surface area contributed by atoms with Crippen LogP contribution in [-0.4, -0.2) is 48.8 Å². The quantitative estimate of drug-likeness (QED) is 0.567. The monoisotopic (exact) mass is 453 g/mol. The summed E-state index contributed by atoms with van der Waals surface area (Å²) in [5.74, 6) is 0.198. The van der Waals surface area contributed by atoms with Gasteiger partial charge in [0.1, 0.15) is 12.3 Å². The Kier molecular flexibility index (Phi) is 6.09. The van der Waals surface area contributed by atoms with Gasteiger partial charge in [0, 0.05) is 17.3 Å². The number of hydrogen-bond acceptors (Lipinski definition) is 6. The summed E-state index contributed by atoms with van der Waals surface area (Å²) in [6.07, 6.45) is 0.356. The number of carbonyl (C=O) groups is 1. The van der Waals surface area contributed by atoms with Crippen molar-refractivity contribution in [2.45, 2.75) is 19.0 Å². The van der Waals surface area contributed by atoms with Crippen molar-refractivity contribution in [1.29, 1.82) is 0 Å². The molecule has 32 heavy (non-hydrogen) atoms. The minimum absolute atomic E-state index is 0.0395. The van der Waals surface area contributed by atoms with Gasteiger partial charge in [-0.3, -0.25) is 9.59 Å². The molecule has 0 bridgehead atoms. The number of nitrogens with zero attached hydrogens (tertiary/aromatic N) is 3. The lowest BCUT2D eigenvalue weighted by atomic mass is 10.1. The molecule has 1 atom stereocenters. The minimum atomic E-state index is -3.20. The number of amides is 1. The van der Waals surface area contributed by atoms with Crippen LogP contribution < -0.4 is 15.2 Å². The van der Waals surface area contributed by atoms with Crippen LogP contribution in [0.5, 0.6) is 5.75 Å². The first-order chi connectivity index (χ1) is 15.4. The van der Waals surface area contributed by atoms with Crippen LogP contribution in [0.1, 0.15) is 6.42 Å². The number of rotatable bonds is 6. The smallest absolute Gasteiger partial charge is 0.267 e. The maximum atomic E-state index is 13.3. The highest BCUT2D eigenvalue weighted by Crippen LogP contribution is 2.25. The van der Waals surface area contributed by atoms with Crippen LogP contribution in [0.4, 0.5) is 5.69 Å². The molecule has 2 aromatic carbocycles. The fraction of sp³-hybridized carbons (Fsp3) is 0.261. The molecular weight excluding hydrogens is 430 g/mol. The number of para-hydroxylation sites is 1. The van der Waals surface area contributed by atoms with Crippen LogP contribution in [0.3, 0.4) is 0 Å². The maximum Gasteiger partial charge on any atom is 0.267 e. The van der Waals surface area contributed by atoms with Crippen LogP contribution in [0.2, 0.25) is 0 Å². The third kappa shape index (κ3) is 4.72. The van der Waals surface area contributed by atoms with E-state index in [0.717, 1.165) is 10.2 Å². The highest BCUT2D eigenvalue weighted by atomic mass is 32.2. The largest absolute Gasteiger partial charge is 0.497 e. The molecule has 1 amide bonds. The summed E-state index contributed by atoms with van der Waals surface area (Å²) in [4.78, 5) is 27.3. The van der Waals surface area contributed by atoms with Crippen molar-refractivity contribution in [3.05, 3.63) is 77.1 Å². The maximum absolute atomic E-state index is 13.3. The van der Waals surface area contributed by atoms with E-state index < -0.39 is 27.3 Å². The number of methoxy groups -OCH3 is 1. The zero-order chi connectivity index (χ0) is 22.7. The fourth-order valence-electron chi connectivity index (χ4n) is 3.83. The first-order valence-corrected chi connectivity index (χ1v) is 12.0. The third-order valence-corrected chi connectivity index (χ3v) is 7.14. The summed E-state index contributed by atoms with van der Waals surface area (Å²) in [5, 5.41) is 4.37. The normalized spacial score (nSPS) is 17.1. The highest BCUT2D eigenvalue weighted by Gasteiger charge is 2.35. The van der Waals surface area contributed by atoms with Crippen molar-refractivity contribution >= 4 is 21.4 Å². The molecule has 166 valence electrons. The number of sulfone groups is 1. The van der Waals surface area contributed by atoms with E-state index >= 15 is 0 Å². The summed E-state index contributed by atoms with van der Waals surface area (Å²) >= 11 is 0. The van der Waals surface area contributed by atoms with Crippen LogP contribution in [0, 0.1) is 0 Å². The molecule has 0 unspecified atom stereocenters.